The summed E-state index contributed by atoms with van der Waals surface area (Å²) in [5.74, 6) is 0.985. The van der Waals surface area contributed by atoms with Crippen molar-refractivity contribution >= 4 is 11.7 Å². The van der Waals surface area contributed by atoms with Crippen LogP contribution in [-0.2, 0) is 0 Å². The van der Waals surface area contributed by atoms with Crippen LogP contribution >= 0.6 is 0 Å². The first-order chi connectivity index (χ1) is 7.15. The summed E-state index contributed by atoms with van der Waals surface area (Å²) in [4.78, 5) is 6.36. The summed E-state index contributed by atoms with van der Waals surface area (Å²) in [7, 11) is 2.02. The summed E-state index contributed by atoms with van der Waals surface area (Å²) in [6.45, 7) is 3.17. The van der Waals surface area contributed by atoms with Crippen LogP contribution in [0.2, 0.25) is 0 Å². The molecule has 0 atom stereocenters. The van der Waals surface area contributed by atoms with E-state index in [1.165, 1.54) is 6.42 Å². The third kappa shape index (κ3) is 3.23. The first kappa shape index (κ1) is 11.5. The number of hydrogen-bond acceptors (Lipinski definition) is 3. The third-order valence-corrected chi connectivity index (χ3v) is 2.30. The van der Waals surface area contributed by atoms with E-state index in [4.69, 9.17) is 11.1 Å². The lowest BCUT2D eigenvalue weighted by atomic mass is 10.2. The van der Waals surface area contributed by atoms with Gasteiger partial charge in [-0.3, -0.25) is 5.41 Å². The molecule has 0 aliphatic carbocycles. The quantitative estimate of drug-likeness (QED) is 0.568. The van der Waals surface area contributed by atoms with Gasteiger partial charge >= 0.3 is 0 Å². The van der Waals surface area contributed by atoms with E-state index in [0.29, 0.717) is 5.56 Å². The lowest BCUT2D eigenvalue weighted by Crippen LogP contribution is -2.20. The van der Waals surface area contributed by atoms with Crippen molar-refractivity contribution < 1.29 is 0 Å². The molecule has 0 saturated heterocycles. The van der Waals surface area contributed by atoms with Crippen LogP contribution in [0.3, 0.4) is 0 Å². The molecule has 0 amide bonds. The lowest BCUT2D eigenvalue weighted by Gasteiger charge is -2.17. The maximum Gasteiger partial charge on any atom is 0.128 e. The highest BCUT2D eigenvalue weighted by Gasteiger charge is 2.02. The molecule has 0 bridgehead atoms. The van der Waals surface area contributed by atoms with Gasteiger partial charge in [0.25, 0.3) is 0 Å². The summed E-state index contributed by atoms with van der Waals surface area (Å²) in [5.41, 5.74) is 6.02. The van der Waals surface area contributed by atoms with Gasteiger partial charge in [0, 0.05) is 25.4 Å². The molecular weight excluding hydrogens is 188 g/mol. The molecule has 0 aliphatic rings. The number of nitrogens with two attached hydrogens (primary N) is 1. The van der Waals surface area contributed by atoms with E-state index in [1.54, 1.807) is 6.20 Å². The number of pyridine rings is 1. The van der Waals surface area contributed by atoms with Gasteiger partial charge in [-0.25, -0.2) is 4.98 Å². The number of anilines is 1. The number of aromatic nitrogens is 1. The van der Waals surface area contributed by atoms with Crippen LogP contribution in [0.25, 0.3) is 0 Å². The molecule has 0 saturated carbocycles. The second kappa shape index (κ2) is 5.34. The first-order valence-corrected chi connectivity index (χ1v) is 5.16. The van der Waals surface area contributed by atoms with Gasteiger partial charge < -0.3 is 10.6 Å². The second-order valence-corrected chi connectivity index (χ2v) is 3.59. The van der Waals surface area contributed by atoms with Crippen molar-refractivity contribution in [2.24, 2.45) is 5.73 Å². The van der Waals surface area contributed by atoms with Gasteiger partial charge in [0.2, 0.25) is 0 Å². The van der Waals surface area contributed by atoms with Crippen LogP contribution < -0.4 is 10.6 Å². The number of nitrogen functional groups attached to an aromatic ring is 1. The molecule has 0 spiro atoms. The number of rotatable bonds is 5. The highest BCUT2D eigenvalue weighted by Crippen LogP contribution is 2.09. The smallest absolute Gasteiger partial charge is 0.128 e. The van der Waals surface area contributed by atoms with Crippen molar-refractivity contribution in [2.45, 2.75) is 19.8 Å². The summed E-state index contributed by atoms with van der Waals surface area (Å²) in [6.07, 6.45) is 3.97. The Kier molecular flexibility index (Phi) is 4.09. The van der Waals surface area contributed by atoms with E-state index in [-0.39, 0.29) is 5.84 Å². The molecular formula is C11H18N4. The Balaban J connectivity index is 2.66. The summed E-state index contributed by atoms with van der Waals surface area (Å²) in [5, 5.41) is 7.25. The SMILES string of the molecule is CCCCN(C)c1ccc(C(=N)N)cn1. The Morgan fingerprint density at radius 3 is 2.73 bits per heavy atom. The number of nitrogens with zero attached hydrogens (tertiary/aromatic N) is 2. The Morgan fingerprint density at radius 2 is 2.27 bits per heavy atom. The molecule has 0 fully saturated rings. The van der Waals surface area contributed by atoms with Gasteiger partial charge in [0.15, 0.2) is 0 Å². The minimum absolute atomic E-state index is 0.0604. The Morgan fingerprint density at radius 1 is 1.53 bits per heavy atom. The lowest BCUT2D eigenvalue weighted by molar-refractivity contribution is 0.759. The van der Waals surface area contributed by atoms with E-state index < -0.39 is 0 Å². The maximum absolute atomic E-state index is 7.25. The van der Waals surface area contributed by atoms with Crippen molar-refractivity contribution in [3.8, 4) is 0 Å². The fourth-order valence-corrected chi connectivity index (χ4v) is 1.28. The van der Waals surface area contributed by atoms with E-state index in [2.05, 4.69) is 16.8 Å². The zero-order valence-corrected chi connectivity index (χ0v) is 9.33. The topological polar surface area (TPSA) is 66.0 Å². The van der Waals surface area contributed by atoms with Gasteiger partial charge in [-0.15, -0.1) is 0 Å². The van der Waals surface area contributed by atoms with Gasteiger partial charge in [0.1, 0.15) is 11.7 Å². The zero-order chi connectivity index (χ0) is 11.3. The third-order valence-electron chi connectivity index (χ3n) is 2.30. The average Bonchev–Trinajstić information content (AvgIpc) is 2.26. The molecule has 0 unspecified atom stereocenters. The van der Waals surface area contributed by atoms with Gasteiger partial charge in [-0.05, 0) is 18.6 Å². The fraction of sp³-hybridized carbons (Fsp3) is 0.455. The summed E-state index contributed by atoms with van der Waals surface area (Å²) < 4.78 is 0. The fourth-order valence-electron chi connectivity index (χ4n) is 1.28. The van der Waals surface area contributed by atoms with E-state index in [9.17, 15) is 0 Å². The molecule has 4 heteroatoms. The highest BCUT2D eigenvalue weighted by molar-refractivity contribution is 5.94. The van der Waals surface area contributed by atoms with Crippen LogP contribution in [0, 0.1) is 5.41 Å². The number of amidine groups is 1. The minimum Gasteiger partial charge on any atom is -0.384 e. The van der Waals surface area contributed by atoms with Crippen LogP contribution in [-0.4, -0.2) is 24.4 Å². The second-order valence-electron chi connectivity index (χ2n) is 3.59. The van der Waals surface area contributed by atoms with Crippen LogP contribution in [0.4, 0.5) is 5.82 Å². The molecule has 1 rings (SSSR count). The predicted octanol–water partition coefficient (Wildman–Crippen LogP) is 1.60. The molecule has 0 radical (unpaired) electrons. The molecule has 3 N–H and O–H groups in total. The first-order valence-electron chi connectivity index (χ1n) is 5.16. The van der Waals surface area contributed by atoms with E-state index in [1.807, 2.05) is 19.2 Å². The van der Waals surface area contributed by atoms with Gasteiger partial charge in [-0.1, -0.05) is 13.3 Å². The molecule has 1 aromatic rings. The van der Waals surface area contributed by atoms with E-state index >= 15 is 0 Å². The largest absolute Gasteiger partial charge is 0.384 e. The number of hydrogen-bond donors (Lipinski definition) is 2. The standard InChI is InChI=1S/C11H18N4/c1-3-4-7-15(2)10-6-5-9(8-14-10)11(12)13/h5-6,8H,3-4,7H2,1-2H3,(H3,12,13). The van der Waals surface area contributed by atoms with Crippen LogP contribution in [0.5, 0.6) is 0 Å². The van der Waals surface area contributed by atoms with Gasteiger partial charge in [-0.2, -0.15) is 0 Å². The van der Waals surface area contributed by atoms with Crippen molar-refractivity contribution in [3.63, 3.8) is 0 Å². The summed E-state index contributed by atoms with van der Waals surface area (Å²) in [6, 6.07) is 3.72. The molecule has 1 heterocycles. The minimum atomic E-state index is 0.0604. The Bertz CT molecular complexity index is 318. The monoisotopic (exact) mass is 206 g/mol. The highest BCUT2D eigenvalue weighted by atomic mass is 15.2. The van der Waals surface area contributed by atoms with Crippen LogP contribution in [0.1, 0.15) is 25.3 Å². The van der Waals surface area contributed by atoms with Crippen molar-refractivity contribution in [3.05, 3.63) is 23.9 Å². The average molecular weight is 206 g/mol. The van der Waals surface area contributed by atoms with Crippen molar-refractivity contribution in [1.82, 2.24) is 4.98 Å². The normalized spacial score (nSPS) is 10.0. The van der Waals surface area contributed by atoms with Crippen molar-refractivity contribution in [2.75, 3.05) is 18.5 Å². The number of nitrogens with one attached hydrogen (secondary N) is 1. The molecule has 82 valence electrons. The maximum atomic E-state index is 7.25. The molecule has 15 heavy (non-hydrogen) atoms. The molecule has 0 aromatic carbocycles. The number of unbranched alkanes of at least 4 members (excludes halogenated alkanes) is 1. The Hall–Kier alpha value is -1.58. The van der Waals surface area contributed by atoms with Crippen LogP contribution in [0.15, 0.2) is 18.3 Å². The zero-order valence-electron chi connectivity index (χ0n) is 9.33. The molecule has 4 nitrogen and oxygen atoms in total. The van der Waals surface area contributed by atoms with Crippen molar-refractivity contribution in [1.29, 1.82) is 5.41 Å². The predicted molar refractivity (Wildman–Crippen MR) is 63.4 cm³/mol. The molecule has 0 aliphatic heterocycles. The van der Waals surface area contributed by atoms with Gasteiger partial charge in [0.05, 0.1) is 0 Å². The summed E-state index contributed by atoms with van der Waals surface area (Å²) >= 11 is 0. The molecule has 1 aromatic heterocycles. The Labute approximate surface area is 90.6 Å². The van der Waals surface area contributed by atoms with E-state index in [0.717, 1.165) is 18.8 Å².